The highest BCUT2D eigenvalue weighted by Crippen LogP contribution is 2.28. The summed E-state index contributed by atoms with van der Waals surface area (Å²) >= 11 is 0. The Morgan fingerprint density at radius 1 is 1.06 bits per heavy atom. The second kappa shape index (κ2) is 11.4. The second-order valence-electron chi connectivity index (χ2n) is 8.65. The smallest absolute Gasteiger partial charge is 0.322 e. The van der Waals surface area contributed by atoms with Gasteiger partial charge in [-0.1, -0.05) is 36.4 Å². The van der Waals surface area contributed by atoms with Gasteiger partial charge in [0.05, 0.1) is 44.4 Å². The first-order chi connectivity index (χ1) is 16.5. The summed E-state index contributed by atoms with van der Waals surface area (Å²) in [7, 11) is 0. The molecule has 2 fully saturated rings. The molecule has 182 valence electrons. The van der Waals surface area contributed by atoms with Crippen LogP contribution in [0.15, 0.2) is 54.6 Å². The van der Waals surface area contributed by atoms with Crippen molar-refractivity contribution in [2.45, 2.75) is 50.2 Å². The van der Waals surface area contributed by atoms with Gasteiger partial charge in [0.25, 0.3) is 0 Å². The molecule has 3 N–H and O–H groups in total. The zero-order valence-electron chi connectivity index (χ0n) is 18.9. The average molecular weight is 472 g/mol. The van der Waals surface area contributed by atoms with Crippen LogP contribution in [0.1, 0.15) is 24.8 Å². The lowest BCUT2D eigenvalue weighted by molar-refractivity contribution is -0.149. The van der Waals surface area contributed by atoms with Crippen molar-refractivity contribution in [2.75, 3.05) is 25.1 Å². The Morgan fingerprint density at radius 2 is 1.82 bits per heavy atom. The van der Waals surface area contributed by atoms with E-state index in [-0.39, 0.29) is 62.6 Å². The predicted octanol–water partition coefficient (Wildman–Crippen LogP) is 2.67. The molecule has 2 aliphatic heterocycles. The molecule has 0 unspecified atom stereocenters. The molecule has 8 nitrogen and oxygen atoms in total. The summed E-state index contributed by atoms with van der Waals surface area (Å²) in [6.45, 7) is 0.537. The number of benzene rings is 2. The number of hydrogen-bond acceptors (Lipinski definition) is 5. The van der Waals surface area contributed by atoms with Crippen LogP contribution >= 0.6 is 0 Å². The van der Waals surface area contributed by atoms with Gasteiger partial charge in [-0.15, -0.1) is 0 Å². The highest BCUT2D eigenvalue weighted by atomic mass is 19.1. The van der Waals surface area contributed by atoms with Gasteiger partial charge in [0.15, 0.2) is 0 Å². The van der Waals surface area contributed by atoms with Gasteiger partial charge in [-0.05, 0) is 31.0 Å². The molecule has 2 aromatic carbocycles. The Hall–Kier alpha value is -3.01. The van der Waals surface area contributed by atoms with E-state index in [1.54, 1.807) is 35.2 Å². The molecule has 2 aromatic rings. The molecule has 0 radical (unpaired) electrons. The maximum atomic E-state index is 13.8. The number of amides is 3. The Balaban J connectivity index is 1.35. The van der Waals surface area contributed by atoms with Crippen LogP contribution in [-0.4, -0.2) is 66.1 Å². The quantitative estimate of drug-likeness (QED) is 0.623. The normalized spacial score (nSPS) is 24.9. The lowest BCUT2D eigenvalue weighted by atomic mass is 9.95. The van der Waals surface area contributed by atoms with Gasteiger partial charge in [0.2, 0.25) is 5.91 Å². The van der Waals surface area contributed by atoms with Crippen molar-refractivity contribution in [3.63, 3.8) is 0 Å². The molecular weight excluding hydrogens is 441 g/mol. The number of β-amino-alcohol motifs (C(OH)–C–C–N with tert-alkyl or cyclic N) is 1. The lowest BCUT2D eigenvalue weighted by Crippen LogP contribution is -2.58. The first kappa shape index (κ1) is 24.1. The molecule has 3 amide bonds. The summed E-state index contributed by atoms with van der Waals surface area (Å²) < 4.78 is 25.6. The molecule has 4 atom stereocenters. The summed E-state index contributed by atoms with van der Waals surface area (Å²) in [6, 6.07) is 14.8. The molecule has 2 heterocycles. The fourth-order valence-corrected chi connectivity index (χ4v) is 4.41. The maximum Gasteiger partial charge on any atom is 0.322 e. The van der Waals surface area contributed by atoms with Gasteiger partial charge in [0.1, 0.15) is 11.9 Å². The number of urea groups is 1. The molecule has 4 rings (SSSR count). The standard InChI is InChI=1S/C25H30FN3O5/c26-21-9-5-4-6-17(21)13-27-24(31)12-20-10-11-22-23(34-20)16-33-15-19(30)14-29(22)25(32)28-18-7-2-1-3-8-18/h1-9,19-20,22-23,30H,10-16H2,(H,27,31)(H,28,32)/t19-,20+,22+,23-/m1/s1. The van der Waals surface area contributed by atoms with E-state index in [4.69, 9.17) is 9.47 Å². The number of nitrogens with one attached hydrogen (secondary N) is 2. The van der Waals surface area contributed by atoms with Gasteiger partial charge in [0, 0.05) is 17.8 Å². The molecule has 0 saturated carbocycles. The van der Waals surface area contributed by atoms with Gasteiger partial charge in [-0.3, -0.25) is 4.79 Å². The van der Waals surface area contributed by atoms with Crippen molar-refractivity contribution in [2.24, 2.45) is 0 Å². The van der Waals surface area contributed by atoms with Gasteiger partial charge in [-0.25, -0.2) is 9.18 Å². The van der Waals surface area contributed by atoms with Crippen molar-refractivity contribution in [1.29, 1.82) is 0 Å². The Labute approximate surface area is 198 Å². The highest BCUT2D eigenvalue weighted by molar-refractivity contribution is 5.89. The van der Waals surface area contributed by atoms with E-state index in [0.29, 0.717) is 24.1 Å². The molecule has 2 aliphatic rings. The topological polar surface area (TPSA) is 100 Å². The van der Waals surface area contributed by atoms with Crippen molar-refractivity contribution in [1.82, 2.24) is 10.2 Å². The number of carbonyl (C=O) groups excluding carboxylic acids is 2. The van der Waals surface area contributed by atoms with E-state index in [2.05, 4.69) is 10.6 Å². The minimum atomic E-state index is -0.802. The predicted molar refractivity (Wildman–Crippen MR) is 124 cm³/mol. The Morgan fingerprint density at radius 3 is 2.62 bits per heavy atom. The summed E-state index contributed by atoms with van der Waals surface area (Å²) in [4.78, 5) is 27.1. The van der Waals surface area contributed by atoms with Crippen LogP contribution in [-0.2, 0) is 20.8 Å². The lowest BCUT2D eigenvalue weighted by Gasteiger charge is -2.44. The third-order valence-corrected chi connectivity index (χ3v) is 6.11. The summed E-state index contributed by atoms with van der Waals surface area (Å²) in [5.41, 5.74) is 1.09. The third-order valence-electron chi connectivity index (χ3n) is 6.11. The number of anilines is 1. The second-order valence-corrected chi connectivity index (χ2v) is 8.65. The van der Waals surface area contributed by atoms with Crippen molar-refractivity contribution < 1.29 is 28.6 Å². The fraction of sp³-hybridized carbons (Fsp3) is 0.440. The number of para-hydroxylation sites is 1. The third kappa shape index (κ3) is 6.31. The molecule has 0 spiro atoms. The van der Waals surface area contributed by atoms with Crippen LogP contribution in [0.3, 0.4) is 0 Å². The fourth-order valence-electron chi connectivity index (χ4n) is 4.41. The summed E-state index contributed by atoms with van der Waals surface area (Å²) in [5, 5.41) is 15.9. The Bertz CT molecular complexity index is 976. The van der Waals surface area contributed by atoms with E-state index >= 15 is 0 Å². The number of carbonyl (C=O) groups is 2. The van der Waals surface area contributed by atoms with Gasteiger partial charge < -0.3 is 30.1 Å². The Kier molecular flexibility index (Phi) is 8.10. The maximum absolute atomic E-state index is 13.8. The van der Waals surface area contributed by atoms with Crippen LogP contribution in [0.5, 0.6) is 0 Å². The molecule has 0 aliphatic carbocycles. The zero-order chi connectivity index (χ0) is 23.9. The molecule has 34 heavy (non-hydrogen) atoms. The SMILES string of the molecule is O=C(C[C@@H]1CC[C@H]2[C@@H](COC[C@H](O)CN2C(=O)Nc2ccccc2)O1)NCc1ccccc1F. The van der Waals surface area contributed by atoms with Crippen LogP contribution in [0, 0.1) is 5.82 Å². The highest BCUT2D eigenvalue weighted by Gasteiger charge is 2.40. The van der Waals surface area contributed by atoms with Crippen molar-refractivity contribution >= 4 is 17.6 Å². The first-order valence-electron chi connectivity index (χ1n) is 11.5. The zero-order valence-corrected chi connectivity index (χ0v) is 18.9. The van der Waals surface area contributed by atoms with Crippen LogP contribution in [0.4, 0.5) is 14.9 Å². The van der Waals surface area contributed by atoms with E-state index in [1.807, 2.05) is 18.2 Å². The minimum absolute atomic E-state index is 0.0927. The number of nitrogens with zero attached hydrogens (tertiary/aromatic N) is 1. The molecule has 2 saturated heterocycles. The van der Waals surface area contributed by atoms with E-state index in [0.717, 1.165) is 0 Å². The van der Waals surface area contributed by atoms with E-state index in [9.17, 15) is 19.1 Å². The van der Waals surface area contributed by atoms with Crippen LogP contribution in [0.25, 0.3) is 0 Å². The monoisotopic (exact) mass is 471 g/mol. The van der Waals surface area contributed by atoms with Crippen LogP contribution < -0.4 is 10.6 Å². The molecule has 9 heteroatoms. The molecular formula is C25H30FN3O5. The van der Waals surface area contributed by atoms with Gasteiger partial charge in [-0.2, -0.15) is 0 Å². The summed E-state index contributed by atoms with van der Waals surface area (Å²) in [5.74, 6) is -0.588. The average Bonchev–Trinajstić information content (AvgIpc) is 2.82. The molecule has 0 aromatic heterocycles. The number of rotatable bonds is 5. The van der Waals surface area contributed by atoms with Gasteiger partial charge >= 0.3 is 6.03 Å². The number of ether oxygens (including phenoxy) is 2. The first-order valence-corrected chi connectivity index (χ1v) is 11.5. The van der Waals surface area contributed by atoms with Crippen LogP contribution in [0.2, 0.25) is 0 Å². The van der Waals surface area contributed by atoms with E-state index < -0.39 is 12.2 Å². The number of halogens is 1. The van der Waals surface area contributed by atoms with Crippen molar-refractivity contribution in [3.8, 4) is 0 Å². The summed E-state index contributed by atoms with van der Waals surface area (Å²) in [6.07, 6.45) is -0.255. The number of aliphatic hydroxyl groups excluding tert-OH is 1. The largest absolute Gasteiger partial charge is 0.389 e. The number of fused-ring (bicyclic) bond motifs is 1. The van der Waals surface area contributed by atoms with Crippen molar-refractivity contribution in [3.05, 3.63) is 66.0 Å². The number of aliphatic hydroxyl groups is 1. The number of hydrogen-bond donors (Lipinski definition) is 3. The van der Waals surface area contributed by atoms with E-state index in [1.165, 1.54) is 6.07 Å². The minimum Gasteiger partial charge on any atom is -0.389 e. The molecule has 0 bridgehead atoms.